The van der Waals surface area contributed by atoms with E-state index in [0.29, 0.717) is 6.54 Å². The summed E-state index contributed by atoms with van der Waals surface area (Å²) in [6, 6.07) is 0. The Balaban J connectivity index is 3.23. The van der Waals surface area contributed by atoms with Crippen LogP contribution in [0, 0.1) is 5.92 Å². The van der Waals surface area contributed by atoms with Crippen LogP contribution in [0.1, 0.15) is 6.92 Å². The minimum Gasteiger partial charge on any atom is -0.396 e. The van der Waals surface area contributed by atoms with Crippen molar-refractivity contribution < 1.29 is 5.11 Å². The Morgan fingerprint density at radius 2 is 2.50 bits per heavy atom. The smallest absolute Gasteiger partial charge is 0.0457 e. The Morgan fingerprint density at radius 1 is 1.88 bits per heavy atom. The van der Waals surface area contributed by atoms with Gasteiger partial charge in [0.2, 0.25) is 0 Å². The third-order valence-electron chi connectivity index (χ3n) is 0.768. The van der Waals surface area contributed by atoms with Crippen LogP contribution in [0.5, 0.6) is 0 Å². The molecule has 0 aliphatic rings. The predicted octanol–water partition coefficient (Wildman–Crippen LogP) is 0.925. The van der Waals surface area contributed by atoms with E-state index < -0.39 is 0 Å². The van der Waals surface area contributed by atoms with E-state index in [-0.39, 0.29) is 12.5 Å². The van der Waals surface area contributed by atoms with Gasteiger partial charge in [-0.2, -0.15) is 0 Å². The average molecular weight is 115 g/mol. The number of nitrogens with zero attached hydrogens (tertiary/aromatic N) is 3. The zero-order chi connectivity index (χ0) is 6.41. The van der Waals surface area contributed by atoms with E-state index >= 15 is 0 Å². The highest BCUT2D eigenvalue weighted by Crippen LogP contribution is 1.91. The first-order valence-corrected chi connectivity index (χ1v) is 2.43. The van der Waals surface area contributed by atoms with Gasteiger partial charge in [-0.25, -0.2) is 0 Å². The summed E-state index contributed by atoms with van der Waals surface area (Å²) in [5.41, 5.74) is 7.79. The highest BCUT2D eigenvalue weighted by atomic mass is 16.3. The summed E-state index contributed by atoms with van der Waals surface area (Å²) in [6.45, 7) is 2.28. The lowest BCUT2D eigenvalue weighted by atomic mass is 10.2. The van der Waals surface area contributed by atoms with E-state index in [1.807, 2.05) is 6.92 Å². The van der Waals surface area contributed by atoms with Crippen LogP contribution in [0.3, 0.4) is 0 Å². The molecule has 0 aromatic heterocycles. The third kappa shape index (κ3) is 3.46. The van der Waals surface area contributed by atoms with Crippen molar-refractivity contribution in [1.82, 2.24) is 0 Å². The van der Waals surface area contributed by atoms with Gasteiger partial charge in [0, 0.05) is 18.1 Å². The van der Waals surface area contributed by atoms with Crippen molar-refractivity contribution in [3.63, 3.8) is 0 Å². The molecular formula is C4H9N3O. The Kier molecular flexibility index (Phi) is 4.03. The van der Waals surface area contributed by atoms with Crippen molar-refractivity contribution in [3.05, 3.63) is 10.4 Å². The molecule has 0 aliphatic heterocycles. The minimum atomic E-state index is 0.0824. The van der Waals surface area contributed by atoms with E-state index in [4.69, 9.17) is 10.6 Å². The van der Waals surface area contributed by atoms with Gasteiger partial charge in [0.25, 0.3) is 0 Å². The van der Waals surface area contributed by atoms with Crippen molar-refractivity contribution in [2.45, 2.75) is 6.92 Å². The van der Waals surface area contributed by atoms with Gasteiger partial charge in [-0.3, -0.25) is 0 Å². The Hall–Kier alpha value is -0.730. The summed E-state index contributed by atoms with van der Waals surface area (Å²) >= 11 is 0. The molecule has 0 aromatic carbocycles. The molecular weight excluding hydrogens is 106 g/mol. The summed E-state index contributed by atoms with van der Waals surface area (Å²) in [6.07, 6.45) is 0. The molecule has 0 rings (SSSR count). The molecule has 1 unspecified atom stereocenters. The Morgan fingerprint density at radius 3 is 2.88 bits per heavy atom. The second-order valence-corrected chi connectivity index (χ2v) is 1.70. The van der Waals surface area contributed by atoms with Crippen LogP contribution in [-0.4, -0.2) is 18.3 Å². The van der Waals surface area contributed by atoms with Gasteiger partial charge >= 0.3 is 0 Å². The fraction of sp³-hybridized carbons (Fsp3) is 1.00. The molecule has 0 saturated heterocycles. The van der Waals surface area contributed by atoms with Crippen LogP contribution >= 0.6 is 0 Å². The van der Waals surface area contributed by atoms with E-state index in [0.717, 1.165) is 0 Å². The molecule has 8 heavy (non-hydrogen) atoms. The zero-order valence-corrected chi connectivity index (χ0v) is 4.78. The summed E-state index contributed by atoms with van der Waals surface area (Å²) < 4.78 is 0. The van der Waals surface area contributed by atoms with Crippen molar-refractivity contribution in [2.75, 3.05) is 13.2 Å². The number of azide groups is 1. The number of rotatable bonds is 3. The fourth-order valence-electron chi connectivity index (χ4n) is 0.234. The molecule has 0 heterocycles. The van der Waals surface area contributed by atoms with Crippen LogP contribution < -0.4 is 0 Å². The largest absolute Gasteiger partial charge is 0.396 e. The summed E-state index contributed by atoms with van der Waals surface area (Å²) in [4.78, 5) is 2.54. The van der Waals surface area contributed by atoms with Gasteiger partial charge in [0.05, 0.1) is 0 Å². The highest BCUT2D eigenvalue weighted by molar-refractivity contribution is 4.53. The number of hydrogen-bond donors (Lipinski definition) is 1. The summed E-state index contributed by atoms with van der Waals surface area (Å²) in [5.74, 6) is 0.0888. The molecule has 0 aromatic rings. The maximum atomic E-state index is 8.38. The van der Waals surface area contributed by atoms with Crippen molar-refractivity contribution in [1.29, 1.82) is 0 Å². The second-order valence-electron chi connectivity index (χ2n) is 1.70. The van der Waals surface area contributed by atoms with Crippen molar-refractivity contribution >= 4 is 0 Å². The molecule has 0 fully saturated rings. The van der Waals surface area contributed by atoms with E-state index in [1.165, 1.54) is 0 Å². The Bertz CT molecular complexity index is 97.5. The summed E-state index contributed by atoms with van der Waals surface area (Å²) in [5, 5.41) is 11.6. The number of aliphatic hydroxyl groups excluding tert-OH is 1. The van der Waals surface area contributed by atoms with Crippen LogP contribution in [0.2, 0.25) is 0 Å². The maximum absolute atomic E-state index is 8.38. The molecule has 0 aliphatic carbocycles. The fourth-order valence-corrected chi connectivity index (χ4v) is 0.234. The zero-order valence-electron chi connectivity index (χ0n) is 4.78. The van der Waals surface area contributed by atoms with Gasteiger partial charge in [-0.15, -0.1) is 0 Å². The molecule has 0 saturated carbocycles. The normalized spacial score (nSPS) is 12.2. The molecule has 4 heteroatoms. The second kappa shape index (κ2) is 4.43. The predicted molar refractivity (Wildman–Crippen MR) is 30.3 cm³/mol. The highest BCUT2D eigenvalue weighted by Gasteiger charge is 1.93. The minimum absolute atomic E-state index is 0.0824. The molecule has 0 spiro atoms. The van der Waals surface area contributed by atoms with Gasteiger partial charge in [0.1, 0.15) is 0 Å². The van der Waals surface area contributed by atoms with Crippen LogP contribution in [-0.2, 0) is 0 Å². The maximum Gasteiger partial charge on any atom is 0.0457 e. The van der Waals surface area contributed by atoms with E-state index in [9.17, 15) is 0 Å². The number of hydrogen-bond acceptors (Lipinski definition) is 2. The third-order valence-corrected chi connectivity index (χ3v) is 0.768. The monoisotopic (exact) mass is 115 g/mol. The number of aliphatic hydroxyl groups is 1. The average Bonchev–Trinajstić information content (AvgIpc) is 1.83. The van der Waals surface area contributed by atoms with Gasteiger partial charge < -0.3 is 5.11 Å². The Labute approximate surface area is 47.8 Å². The lowest BCUT2D eigenvalue weighted by Crippen LogP contribution is -2.02. The van der Waals surface area contributed by atoms with Crippen LogP contribution in [0.15, 0.2) is 5.11 Å². The van der Waals surface area contributed by atoms with Crippen molar-refractivity contribution in [3.8, 4) is 0 Å². The standard InChI is InChI=1S/C4H9N3O/c1-4(3-8)2-6-7-5/h4,8H,2-3H2,1H3. The van der Waals surface area contributed by atoms with E-state index in [2.05, 4.69) is 10.0 Å². The van der Waals surface area contributed by atoms with Gasteiger partial charge in [0.15, 0.2) is 0 Å². The molecule has 1 atom stereocenters. The van der Waals surface area contributed by atoms with Crippen molar-refractivity contribution in [2.24, 2.45) is 11.0 Å². The first-order chi connectivity index (χ1) is 3.81. The quantitative estimate of drug-likeness (QED) is 0.331. The lowest BCUT2D eigenvalue weighted by molar-refractivity contribution is 0.241. The summed E-state index contributed by atoms with van der Waals surface area (Å²) in [7, 11) is 0. The molecule has 0 radical (unpaired) electrons. The molecule has 0 bridgehead atoms. The topological polar surface area (TPSA) is 69.0 Å². The molecule has 1 N–H and O–H groups in total. The first-order valence-electron chi connectivity index (χ1n) is 2.43. The lowest BCUT2D eigenvalue weighted by Gasteiger charge is -1.98. The first kappa shape index (κ1) is 7.27. The van der Waals surface area contributed by atoms with Crippen LogP contribution in [0.25, 0.3) is 10.4 Å². The SMILES string of the molecule is CC(CO)CN=[N+]=[N-]. The molecule has 4 nitrogen and oxygen atoms in total. The molecule has 46 valence electrons. The molecule has 0 amide bonds. The van der Waals surface area contributed by atoms with Crippen LogP contribution in [0.4, 0.5) is 0 Å². The van der Waals surface area contributed by atoms with Gasteiger partial charge in [-0.05, 0) is 11.4 Å². The van der Waals surface area contributed by atoms with Gasteiger partial charge in [-0.1, -0.05) is 12.0 Å². The van der Waals surface area contributed by atoms with E-state index in [1.54, 1.807) is 0 Å².